The minimum Gasteiger partial charge on any atom is -0.397 e. The molecule has 0 rings (SSSR count). The third-order valence-corrected chi connectivity index (χ3v) is 5.45. The van der Waals surface area contributed by atoms with Crippen molar-refractivity contribution in [2.45, 2.75) is 55.3 Å². The van der Waals surface area contributed by atoms with Gasteiger partial charge in [-0.05, 0) is 6.92 Å². The van der Waals surface area contributed by atoms with Gasteiger partial charge in [0.25, 0.3) is 0 Å². The average Bonchev–Trinajstić information content (AvgIpc) is 2.06. The van der Waals surface area contributed by atoms with Gasteiger partial charge in [0.2, 0.25) is 0 Å². The SMILES string of the molecule is CCC[CH2][Sn][CH2]CCC.CCO. The molecule has 1 nitrogen and oxygen atoms in total. The van der Waals surface area contributed by atoms with Gasteiger partial charge in [0.15, 0.2) is 0 Å². The maximum absolute atomic E-state index is 7.57. The maximum Gasteiger partial charge on any atom is 0.0402 e. The van der Waals surface area contributed by atoms with E-state index in [1.54, 1.807) is 15.8 Å². The van der Waals surface area contributed by atoms with Gasteiger partial charge in [-0.1, -0.05) is 0 Å². The van der Waals surface area contributed by atoms with Gasteiger partial charge in [-0.3, -0.25) is 0 Å². The van der Waals surface area contributed by atoms with Crippen molar-refractivity contribution in [3.8, 4) is 0 Å². The Morgan fingerprint density at radius 3 is 1.50 bits per heavy atom. The van der Waals surface area contributed by atoms with E-state index in [2.05, 4.69) is 13.8 Å². The van der Waals surface area contributed by atoms with Crippen molar-refractivity contribution in [3.63, 3.8) is 0 Å². The van der Waals surface area contributed by atoms with E-state index in [0.717, 1.165) is 0 Å². The van der Waals surface area contributed by atoms with Crippen LogP contribution in [0.1, 0.15) is 46.5 Å². The molecule has 0 spiro atoms. The van der Waals surface area contributed by atoms with Gasteiger partial charge in [-0.2, -0.15) is 0 Å². The van der Waals surface area contributed by atoms with E-state index in [1.807, 2.05) is 0 Å². The molecule has 0 aliphatic rings. The molecule has 74 valence electrons. The van der Waals surface area contributed by atoms with Crippen LogP contribution in [0.25, 0.3) is 0 Å². The van der Waals surface area contributed by atoms with Crippen LogP contribution in [0.5, 0.6) is 0 Å². The molecule has 0 fully saturated rings. The number of unbranched alkanes of at least 4 members (excludes halogenated alkanes) is 2. The van der Waals surface area contributed by atoms with Gasteiger partial charge in [-0.25, -0.2) is 0 Å². The zero-order valence-corrected chi connectivity index (χ0v) is 11.8. The van der Waals surface area contributed by atoms with Crippen LogP contribution >= 0.6 is 0 Å². The number of aliphatic hydroxyl groups is 1. The fourth-order valence-corrected chi connectivity index (χ4v) is 4.89. The number of aliphatic hydroxyl groups excluding tert-OH is 1. The number of hydrogen-bond acceptors (Lipinski definition) is 1. The molecule has 0 bridgehead atoms. The first-order chi connectivity index (χ1) is 5.83. The fourth-order valence-electron chi connectivity index (χ4n) is 0.729. The van der Waals surface area contributed by atoms with E-state index in [-0.39, 0.29) is 27.7 Å². The standard InChI is InChI=1S/2C4H9.C2H6O.Sn/c2*1-3-4-2;1-2-3;/h2*1,3-4H2,2H3;3H,2H2,1H3;. The van der Waals surface area contributed by atoms with Crippen molar-refractivity contribution >= 4 is 21.1 Å². The Bertz CT molecular complexity index is 51.8. The second-order valence-corrected chi connectivity index (χ2v) is 7.05. The minimum absolute atomic E-state index is 0.149. The van der Waals surface area contributed by atoms with Gasteiger partial charge in [0, 0.05) is 6.61 Å². The molecule has 1 N–H and O–H groups in total. The van der Waals surface area contributed by atoms with Crippen molar-refractivity contribution in [2.24, 2.45) is 0 Å². The summed E-state index contributed by atoms with van der Waals surface area (Å²) >= 11 is 0.149. The monoisotopic (exact) mass is 280 g/mol. The molecule has 12 heavy (non-hydrogen) atoms. The maximum atomic E-state index is 7.57. The summed E-state index contributed by atoms with van der Waals surface area (Å²) in [5.41, 5.74) is 0. The summed E-state index contributed by atoms with van der Waals surface area (Å²) in [4.78, 5) is 0. The summed E-state index contributed by atoms with van der Waals surface area (Å²) in [6.45, 7) is 6.51. The topological polar surface area (TPSA) is 20.2 Å². The molecule has 0 amide bonds. The fraction of sp³-hybridized carbons (Fsp3) is 1.00. The van der Waals surface area contributed by atoms with Gasteiger partial charge in [0.05, 0.1) is 0 Å². The molecule has 0 aromatic carbocycles. The molecule has 0 aromatic rings. The molecule has 0 aliphatic heterocycles. The summed E-state index contributed by atoms with van der Waals surface area (Å²) in [6, 6.07) is 0. The quantitative estimate of drug-likeness (QED) is 0.585. The van der Waals surface area contributed by atoms with Crippen LogP contribution < -0.4 is 0 Å². The molecular weight excluding hydrogens is 255 g/mol. The van der Waals surface area contributed by atoms with Crippen molar-refractivity contribution in [2.75, 3.05) is 6.61 Å². The van der Waals surface area contributed by atoms with Crippen LogP contribution in [0.15, 0.2) is 0 Å². The summed E-state index contributed by atoms with van der Waals surface area (Å²) in [5.74, 6) is 0. The Morgan fingerprint density at radius 2 is 1.25 bits per heavy atom. The van der Waals surface area contributed by atoms with Gasteiger partial charge >= 0.3 is 69.5 Å². The van der Waals surface area contributed by atoms with Crippen molar-refractivity contribution in [1.29, 1.82) is 0 Å². The van der Waals surface area contributed by atoms with Crippen LogP contribution in [0.2, 0.25) is 8.87 Å². The predicted octanol–water partition coefficient (Wildman–Crippen LogP) is 3.13. The zero-order valence-electron chi connectivity index (χ0n) is 8.90. The first kappa shape index (κ1) is 15.2. The minimum atomic E-state index is 0.149. The third kappa shape index (κ3) is 22.4. The molecule has 0 atom stereocenters. The van der Waals surface area contributed by atoms with Crippen molar-refractivity contribution in [3.05, 3.63) is 0 Å². The Hall–Kier alpha value is 0.759. The molecular formula is C10H24OSn. The number of hydrogen-bond donors (Lipinski definition) is 1. The first-order valence-electron chi connectivity index (χ1n) is 5.14. The normalized spacial score (nSPS) is 9.00. The van der Waals surface area contributed by atoms with Gasteiger partial charge in [-0.15, -0.1) is 0 Å². The van der Waals surface area contributed by atoms with Crippen LogP contribution in [0, 0.1) is 0 Å². The largest absolute Gasteiger partial charge is 0.397 e. The average molecular weight is 279 g/mol. The second-order valence-electron chi connectivity index (χ2n) is 2.77. The van der Waals surface area contributed by atoms with Crippen molar-refractivity contribution < 1.29 is 5.11 Å². The molecule has 0 aliphatic carbocycles. The zero-order chi connectivity index (χ0) is 9.66. The Labute approximate surface area is 88.2 Å². The molecule has 0 saturated carbocycles. The van der Waals surface area contributed by atoms with E-state index in [1.165, 1.54) is 25.7 Å². The van der Waals surface area contributed by atoms with E-state index in [0.29, 0.717) is 0 Å². The number of rotatable bonds is 6. The Balaban J connectivity index is 0. The second kappa shape index (κ2) is 17.7. The molecule has 0 unspecified atom stereocenters. The molecule has 2 radical (unpaired) electrons. The Kier molecular flexibility index (Phi) is 22.5. The van der Waals surface area contributed by atoms with Crippen molar-refractivity contribution in [1.82, 2.24) is 0 Å². The Morgan fingerprint density at radius 1 is 0.917 bits per heavy atom. The summed E-state index contributed by atoms with van der Waals surface area (Å²) in [7, 11) is 0. The molecule has 2 heteroatoms. The van der Waals surface area contributed by atoms with Crippen LogP contribution in [0.4, 0.5) is 0 Å². The molecule has 0 heterocycles. The predicted molar refractivity (Wildman–Crippen MR) is 57.9 cm³/mol. The summed E-state index contributed by atoms with van der Waals surface area (Å²) in [6.07, 6.45) is 5.84. The van der Waals surface area contributed by atoms with E-state index >= 15 is 0 Å². The smallest absolute Gasteiger partial charge is 0.0402 e. The van der Waals surface area contributed by atoms with Gasteiger partial charge < -0.3 is 5.11 Å². The molecule has 0 aromatic heterocycles. The first-order valence-corrected chi connectivity index (χ1v) is 9.18. The van der Waals surface area contributed by atoms with Gasteiger partial charge in [0.1, 0.15) is 0 Å². The molecule has 0 saturated heterocycles. The van der Waals surface area contributed by atoms with E-state index in [4.69, 9.17) is 5.11 Å². The van der Waals surface area contributed by atoms with E-state index < -0.39 is 0 Å². The van der Waals surface area contributed by atoms with Crippen LogP contribution in [-0.2, 0) is 0 Å². The summed E-state index contributed by atoms with van der Waals surface area (Å²) < 4.78 is 3.25. The van der Waals surface area contributed by atoms with Crippen LogP contribution in [0.3, 0.4) is 0 Å². The third-order valence-electron chi connectivity index (χ3n) is 1.41. The van der Waals surface area contributed by atoms with Crippen LogP contribution in [-0.4, -0.2) is 32.9 Å². The summed E-state index contributed by atoms with van der Waals surface area (Å²) in [5, 5.41) is 7.57. The van der Waals surface area contributed by atoms with E-state index in [9.17, 15) is 0 Å².